The number of carbonyl (C=O) groups excluding carboxylic acids is 2. The van der Waals surface area contributed by atoms with Crippen molar-refractivity contribution in [1.82, 2.24) is 10.2 Å². The molecular weight excluding hydrogens is 244 g/mol. The van der Waals surface area contributed by atoms with Crippen LogP contribution in [0.5, 0.6) is 0 Å². The maximum absolute atomic E-state index is 11.7. The number of carboxylic acid groups (broad SMARTS) is 1. The predicted molar refractivity (Wildman–Crippen MR) is 63.9 cm³/mol. The van der Waals surface area contributed by atoms with Crippen LogP contribution >= 0.6 is 11.8 Å². The summed E-state index contributed by atoms with van der Waals surface area (Å²) in [4.78, 5) is 34.7. The Hall–Kier alpha value is -1.24. The fourth-order valence-electron chi connectivity index (χ4n) is 1.44. The minimum atomic E-state index is -0.839. The van der Waals surface area contributed by atoms with E-state index < -0.39 is 11.5 Å². The van der Waals surface area contributed by atoms with Crippen LogP contribution < -0.4 is 5.32 Å². The molecule has 0 saturated carbocycles. The minimum absolute atomic E-state index is 0.0936. The Morgan fingerprint density at radius 1 is 1.41 bits per heavy atom. The maximum atomic E-state index is 11.7. The lowest BCUT2D eigenvalue weighted by molar-refractivity contribution is -0.136. The van der Waals surface area contributed by atoms with E-state index in [0.29, 0.717) is 18.1 Å². The molecule has 0 aromatic carbocycles. The number of hydrogen-bond acceptors (Lipinski definition) is 4. The summed E-state index contributed by atoms with van der Waals surface area (Å²) in [6.07, 6.45) is 0.0936. The number of nitrogens with one attached hydrogen (secondary N) is 1. The first-order valence-electron chi connectivity index (χ1n) is 5.28. The lowest BCUT2D eigenvalue weighted by Crippen LogP contribution is -2.40. The van der Waals surface area contributed by atoms with Crippen LogP contribution in [0.1, 0.15) is 20.3 Å². The van der Waals surface area contributed by atoms with Crippen LogP contribution in [0.3, 0.4) is 0 Å². The molecule has 17 heavy (non-hydrogen) atoms. The van der Waals surface area contributed by atoms with E-state index in [2.05, 4.69) is 5.32 Å². The third-order valence-electron chi connectivity index (χ3n) is 2.36. The highest BCUT2D eigenvalue weighted by Gasteiger charge is 2.43. The van der Waals surface area contributed by atoms with Crippen molar-refractivity contribution in [3.05, 3.63) is 0 Å². The molecule has 1 fully saturated rings. The van der Waals surface area contributed by atoms with Gasteiger partial charge in [-0.1, -0.05) is 0 Å². The van der Waals surface area contributed by atoms with Gasteiger partial charge in [-0.15, -0.1) is 0 Å². The van der Waals surface area contributed by atoms with Crippen molar-refractivity contribution in [3.8, 4) is 0 Å². The summed E-state index contributed by atoms with van der Waals surface area (Å²) in [5, 5.41) is 11.0. The molecule has 1 aliphatic heterocycles. The lowest BCUT2D eigenvalue weighted by Gasteiger charge is -2.15. The smallest absolute Gasteiger partial charge is 0.325 e. The number of imide groups is 1. The third-order valence-corrected chi connectivity index (χ3v) is 3.33. The molecule has 0 aliphatic carbocycles. The van der Waals surface area contributed by atoms with Gasteiger partial charge in [-0.2, -0.15) is 11.8 Å². The lowest BCUT2D eigenvalue weighted by atomic mass is 10.1. The predicted octanol–water partition coefficient (Wildman–Crippen LogP) is 0.525. The molecule has 1 rings (SSSR count). The van der Waals surface area contributed by atoms with Gasteiger partial charge in [-0.25, -0.2) is 4.79 Å². The minimum Gasteiger partial charge on any atom is -0.481 e. The van der Waals surface area contributed by atoms with Gasteiger partial charge in [0, 0.05) is 18.1 Å². The summed E-state index contributed by atoms with van der Waals surface area (Å²) in [7, 11) is 0. The number of thioether (sulfide) groups is 1. The molecule has 0 aromatic rings. The highest BCUT2D eigenvalue weighted by atomic mass is 32.2. The highest BCUT2D eigenvalue weighted by molar-refractivity contribution is 7.99. The zero-order valence-corrected chi connectivity index (χ0v) is 10.7. The summed E-state index contributed by atoms with van der Waals surface area (Å²) >= 11 is 1.42. The van der Waals surface area contributed by atoms with Crippen LogP contribution in [-0.4, -0.2) is 51.5 Å². The summed E-state index contributed by atoms with van der Waals surface area (Å²) < 4.78 is 0. The van der Waals surface area contributed by atoms with Crippen LogP contribution in [0.25, 0.3) is 0 Å². The number of aliphatic carboxylic acids is 1. The average molecular weight is 260 g/mol. The summed E-state index contributed by atoms with van der Waals surface area (Å²) in [6.45, 7) is 3.63. The molecule has 0 radical (unpaired) electrons. The van der Waals surface area contributed by atoms with Crippen LogP contribution in [0.15, 0.2) is 0 Å². The number of amides is 3. The second kappa shape index (κ2) is 5.39. The zero-order valence-electron chi connectivity index (χ0n) is 9.86. The van der Waals surface area contributed by atoms with Gasteiger partial charge in [0.1, 0.15) is 5.54 Å². The molecule has 0 bridgehead atoms. The second-order valence-electron chi connectivity index (χ2n) is 4.27. The van der Waals surface area contributed by atoms with Crippen LogP contribution in [0, 0.1) is 0 Å². The maximum Gasteiger partial charge on any atom is 0.325 e. The van der Waals surface area contributed by atoms with E-state index in [0.717, 1.165) is 0 Å². The zero-order chi connectivity index (χ0) is 13.1. The average Bonchev–Trinajstić information content (AvgIpc) is 2.38. The molecule has 0 aromatic heterocycles. The van der Waals surface area contributed by atoms with Crippen molar-refractivity contribution in [2.75, 3.05) is 18.1 Å². The van der Waals surface area contributed by atoms with E-state index in [4.69, 9.17) is 5.11 Å². The first-order valence-corrected chi connectivity index (χ1v) is 6.44. The standard InChI is InChI=1S/C10H16N2O4S/c1-10(2)8(15)12(9(16)11-10)4-6-17-5-3-7(13)14/h3-6H2,1-2H3,(H,11,16)(H,13,14). The van der Waals surface area contributed by atoms with Crippen LogP contribution in [0.2, 0.25) is 0 Å². The topological polar surface area (TPSA) is 86.7 Å². The molecule has 1 saturated heterocycles. The molecule has 2 N–H and O–H groups in total. The molecule has 1 heterocycles. The normalized spacial score (nSPS) is 18.4. The van der Waals surface area contributed by atoms with Crippen molar-refractivity contribution >= 4 is 29.7 Å². The van der Waals surface area contributed by atoms with E-state index >= 15 is 0 Å². The molecule has 3 amide bonds. The molecule has 0 spiro atoms. The molecule has 1 aliphatic rings. The Bertz CT molecular complexity index is 343. The summed E-state index contributed by atoms with van der Waals surface area (Å²) in [5.74, 6) is -0.0276. The number of hydrogen-bond donors (Lipinski definition) is 2. The van der Waals surface area contributed by atoms with E-state index in [1.807, 2.05) is 0 Å². The molecule has 6 nitrogen and oxygen atoms in total. The van der Waals surface area contributed by atoms with E-state index in [-0.39, 0.29) is 18.4 Å². The number of urea groups is 1. The van der Waals surface area contributed by atoms with Gasteiger partial charge >= 0.3 is 12.0 Å². The van der Waals surface area contributed by atoms with Gasteiger partial charge in [0.25, 0.3) is 5.91 Å². The monoisotopic (exact) mass is 260 g/mol. The largest absolute Gasteiger partial charge is 0.481 e. The quantitative estimate of drug-likeness (QED) is 0.537. The molecule has 7 heteroatoms. The van der Waals surface area contributed by atoms with Crippen molar-refractivity contribution in [2.45, 2.75) is 25.8 Å². The van der Waals surface area contributed by atoms with Gasteiger partial charge in [0.2, 0.25) is 0 Å². The van der Waals surface area contributed by atoms with Crippen LogP contribution in [-0.2, 0) is 9.59 Å². The van der Waals surface area contributed by atoms with Crippen molar-refractivity contribution in [2.24, 2.45) is 0 Å². The van der Waals surface area contributed by atoms with Gasteiger partial charge in [0.05, 0.1) is 6.42 Å². The van der Waals surface area contributed by atoms with Crippen LogP contribution in [0.4, 0.5) is 4.79 Å². The first-order chi connectivity index (χ1) is 7.84. The number of nitrogens with zero attached hydrogens (tertiary/aromatic N) is 1. The van der Waals surface area contributed by atoms with E-state index in [1.165, 1.54) is 16.7 Å². The Kier molecular flexibility index (Phi) is 4.39. The summed E-state index contributed by atoms with van der Waals surface area (Å²) in [6, 6.07) is -0.376. The van der Waals surface area contributed by atoms with Crippen molar-refractivity contribution < 1.29 is 19.5 Å². The van der Waals surface area contributed by atoms with Gasteiger partial charge in [-0.3, -0.25) is 14.5 Å². The van der Waals surface area contributed by atoms with Gasteiger partial charge in [0.15, 0.2) is 0 Å². The fraction of sp³-hybridized carbons (Fsp3) is 0.700. The van der Waals surface area contributed by atoms with E-state index in [9.17, 15) is 14.4 Å². The molecule has 0 unspecified atom stereocenters. The Balaban J connectivity index is 2.30. The molecule has 0 atom stereocenters. The van der Waals surface area contributed by atoms with Crippen molar-refractivity contribution in [3.63, 3.8) is 0 Å². The Labute approximate surface area is 104 Å². The number of rotatable bonds is 6. The molecular formula is C10H16N2O4S. The first kappa shape index (κ1) is 13.8. The Morgan fingerprint density at radius 2 is 2.06 bits per heavy atom. The second-order valence-corrected chi connectivity index (χ2v) is 5.49. The SMILES string of the molecule is CC1(C)NC(=O)N(CCSCCC(=O)O)C1=O. The number of carboxylic acids is 1. The third kappa shape index (κ3) is 3.62. The fourth-order valence-corrected chi connectivity index (χ4v) is 2.27. The molecule has 96 valence electrons. The summed E-state index contributed by atoms with van der Waals surface area (Å²) in [5.41, 5.74) is -0.831. The Morgan fingerprint density at radius 3 is 2.53 bits per heavy atom. The van der Waals surface area contributed by atoms with Crippen molar-refractivity contribution in [1.29, 1.82) is 0 Å². The number of carbonyl (C=O) groups is 3. The van der Waals surface area contributed by atoms with Gasteiger partial charge in [-0.05, 0) is 13.8 Å². The highest BCUT2D eigenvalue weighted by Crippen LogP contribution is 2.17. The van der Waals surface area contributed by atoms with E-state index in [1.54, 1.807) is 13.8 Å². The van der Waals surface area contributed by atoms with Gasteiger partial charge < -0.3 is 10.4 Å².